The Hall–Kier alpha value is -0.390. The van der Waals surface area contributed by atoms with Crippen LogP contribution >= 0.6 is 22.6 Å². The third-order valence-electron chi connectivity index (χ3n) is 4.37. The Morgan fingerprint density at radius 2 is 1.89 bits per heavy atom. The highest BCUT2D eigenvalue weighted by atomic mass is 127. The minimum atomic E-state index is 0.548. The zero-order chi connectivity index (χ0) is 12.7. The van der Waals surface area contributed by atoms with Crippen LogP contribution in [0, 0.1) is 9.49 Å². The molecule has 1 aromatic rings. The molecule has 1 aromatic heterocycles. The molecular formula is C14H20IN3. The lowest BCUT2D eigenvalue weighted by Gasteiger charge is -2.13. The summed E-state index contributed by atoms with van der Waals surface area (Å²) in [5, 5.41) is 0. The number of rotatable bonds is 3. The first kappa shape index (κ1) is 12.6. The molecular weight excluding hydrogens is 337 g/mol. The predicted molar refractivity (Wildman–Crippen MR) is 81.5 cm³/mol. The molecule has 2 aliphatic rings. The Labute approximate surface area is 122 Å². The fourth-order valence-corrected chi connectivity index (χ4v) is 3.67. The molecule has 4 heteroatoms. The van der Waals surface area contributed by atoms with Gasteiger partial charge >= 0.3 is 0 Å². The van der Waals surface area contributed by atoms with E-state index in [0.717, 1.165) is 15.3 Å². The van der Waals surface area contributed by atoms with Crippen molar-refractivity contribution in [2.24, 2.45) is 5.92 Å². The molecule has 2 aliphatic carbocycles. The number of nitrogens with zero attached hydrogens (tertiary/aromatic N) is 2. The first-order chi connectivity index (χ1) is 8.69. The second kappa shape index (κ2) is 4.94. The van der Waals surface area contributed by atoms with Crippen molar-refractivity contribution in [3.05, 3.63) is 15.1 Å². The normalized spacial score (nSPS) is 27.7. The van der Waals surface area contributed by atoms with Gasteiger partial charge in [-0.3, -0.25) is 0 Å². The highest BCUT2D eigenvalue weighted by Gasteiger charge is 2.32. The third-order valence-corrected chi connectivity index (χ3v) is 5.47. The summed E-state index contributed by atoms with van der Waals surface area (Å²) in [5.74, 6) is 3.78. The van der Waals surface area contributed by atoms with Crippen LogP contribution in [0.4, 0.5) is 5.82 Å². The highest BCUT2D eigenvalue weighted by molar-refractivity contribution is 14.1. The molecule has 0 spiro atoms. The van der Waals surface area contributed by atoms with E-state index in [9.17, 15) is 0 Å². The van der Waals surface area contributed by atoms with Crippen molar-refractivity contribution < 1.29 is 0 Å². The molecule has 3 rings (SSSR count). The van der Waals surface area contributed by atoms with Crippen molar-refractivity contribution in [3.8, 4) is 0 Å². The molecule has 2 saturated carbocycles. The van der Waals surface area contributed by atoms with Crippen molar-refractivity contribution in [1.29, 1.82) is 0 Å². The molecule has 0 bridgehead atoms. The van der Waals surface area contributed by atoms with Crippen LogP contribution in [0.5, 0.6) is 0 Å². The largest absolute Gasteiger partial charge is 0.383 e. The molecule has 2 fully saturated rings. The molecule has 2 atom stereocenters. The summed E-state index contributed by atoms with van der Waals surface area (Å²) in [6, 6.07) is 0. The summed E-state index contributed by atoms with van der Waals surface area (Å²) in [7, 11) is 0. The predicted octanol–water partition coefficient (Wildman–Crippen LogP) is 3.83. The van der Waals surface area contributed by atoms with E-state index < -0.39 is 0 Å². The second-order valence-corrected chi connectivity index (χ2v) is 6.80. The molecule has 0 aromatic carbocycles. The third kappa shape index (κ3) is 2.36. The van der Waals surface area contributed by atoms with Gasteiger partial charge in [-0.25, -0.2) is 9.97 Å². The molecule has 0 saturated heterocycles. The van der Waals surface area contributed by atoms with Crippen LogP contribution in [-0.4, -0.2) is 9.97 Å². The molecule has 0 aliphatic heterocycles. The first-order valence-electron chi connectivity index (χ1n) is 7.01. The van der Waals surface area contributed by atoms with Gasteiger partial charge in [0.2, 0.25) is 0 Å². The van der Waals surface area contributed by atoms with Crippen molar-refractivity contribution in [3.63, 3.8) is 0 Å². The maximum atomic E-state index is 6.06. The molecule has 98 valence electrons. The minimum Gasteiger partial charge on any atom is -0.383 e. The zero-order valence-electron chi connectivity index (χ0n) is 10.8. The van der Waals surface area contributed by atoms with Crippen molar-refractivity contribution in [2.75, 3.05) is 5.73 Å². The zero-order valence-corrected chi connectivity index (χ0v) is 13.0. The van der Waals surface area contributed by atoms with Gasteiger partial charge in [0.1, 0.15) is 11.6 Å². The van der Waals surface area contributed by atoms with Crippen LogP contribution in [0.15, 0.2) is 0 Å². The van der Waals surface area contributed by atoms with Crippen molar-refractivity contribution in [2.45, 2.75) is 57.3 Å². The molecule has 2 unspecified atom stereocenters. The Balaban J connectivity index is 1.88. The standard InChI is InChI=1S/C14H20IN3/c1-2-8-3-4-10(7-8)14-17-12(9-5-6-9)11(15)13(16)18-14/h8-10H,2-7H2,1H3,(H2,16,17,18). The number of halogens is 1. The number of hydrogen-bond acceptors (Lipinski definition) is 3. The van der Waals surface area contributed by atoms with Crippen LogP contribution in [0.1, 0.15) is 68.8 Å². The average Bonchev–Trinajstić information content (AvgIpc) is 3.09. The molecule has 18 heavy (non-hydrogen) atoms. The smallest absolute Gasteiger partial charge is 0.140 e. The minimum absolute atomic E-state index is 0.548. The number of aromatic nitrogens is 2. The Morgan fingerprint density at radius 3 is 2.50 bits per heavy atom. The van der Waals surface area contributed by atoms with E-state index in [1.165, 1.54) is 44.2 Å². The van der Waals surface area contributed by atoms with Crippen LogP contribution in [0.2, 0.25) is 0 Å². The van der Waals surface area contributed by atoms with Gasteiger partial charge < -0.3 is 5.73 Å². The van der Waals surface area contributed by atoms with E-state index in [0.29, 0.717) is 17.7 Å². The lowest BCUT2D eigenvalue weighted by molar-refractivity contribution is 0.516. The Morgan fingerprint density at radius 1 is 1.17 bits per heavy atom. The number of anilines is 1. The summed E-state index contributed by atoms with van der Waals surface area (Å²) < 4.78 is 1.09. The number of nitrogens with two attached hydrogens (primary N) is 1. The first-order valence-corrected chi connectivity index (χ1v) is 8.09. The van der Waals surface area contributed by atoms with Crippen LogP contribution < -0.4 is 5.73 Å². The summed E-state index contributed by atoms with van der Waals surface area (Å²) in [6.07, 6.45) is 7.65. The summed E-state index contributed by atoms with van der Waals surface area (Å²) in [5.41, 5.74) is 7.28. The summed E-state index contributed by atoms with van der Waals surface area (Å²) >= 11 is 2.30. The van der Waals surface area contributed by atoms with E-state index in [1.807, 2.05) is 0 Å². The quantitative estimate of drug-likeness (QED) is 0.837. The molecule has 0 radical (unpaired) electrons. The fourth-order valence-electron chi connectivity index (χ4n) is 2.99. The second-order valence-electron chi connectivity index (χ2n) is 5.72. The van der Waals surface area contributed by atoms with Crippen LogP contribution in [0.25, 0.3) is 0 Å². The summed E-state index contributed by atoms with van der Waals surface area (Å²) in [6.45, 7) is 2.28. The molecule has 2 N–H and O–H groups in total. The fraction of sp³-hybridized carbons (Fsp3) is 0.714. The Bertz CT molecular complexity index is 457. The van der Waals surface area contributed by atoms with E-state index in [4.69, 9.17) is 10.7 Å². The lowest BCUT2D eigenvalue weighted by atomic mass is 10.0. The van der Waals surface area contributed by atoms with Crippen molar-refractivity contribution >= 4 is 28.4 Å². The molecule has 0 amide bonds. The van der Waals surface area contributed by atoms with Gasteiger partial charge in [-0.15, -0.1) is 0 Å². The van der Waals surface area contributed by atoms with E-state index in [2.05, 4.69) is 34.5 Å². The summed E-state index contributed by atoms with van der Waals surface area (Å²) in [4.78, 5) is 9.40. The topological polar surface area (TPSA) is 51.8 Å². The van der Waals surface area contributed by atoms with Gasteiger partial charge in [0.15, 0.2) is 0 Å². The van der Waals surface area contributed by atoms with Gasteiger partial charge in [-0.1, -0.05) is 13.3 Å². The van der Waals surface area contributed by atoms with Gasteiger partial charge in [-0.05, 0) is 60.6 Å². The Kier molecular flexibility index (Phi) is 3.47. The highest BCUT2D eigenvalue weighted by Crippen LogP contribution is 2.44. The average molecular weight is 357 g/mol. The van der Waals surface area contributed by atoms with E-state index >= 15 is 0 Å². The lowest BCUT2D eigenvalue weighted by Crippen LogP contribution is -2.09. The van der Waals surface area contributed by atoms with Gasteiger partial charge in [0.25, 0.3) is 0 Å². The van der Waals surface area contributed by atoms with Gasteiger partial charge in [0.05, 0.1) is 9.26 Å². The van der Waals surface area contributed by atoms with Crippen LogP contribution in [0.3, 0.4) is 0 Å². The molecule has 3 nitrogen and oxygen atoms in total. The number of hydrogen-bond donors (Lipinski definition) is 1. The monoisotopic (exact) mass is 357 g/mol. The molecule has 1 heterocycles. The van der Waals surface area contributed by atoms with E-state index in [1.54, 1.807) is 0 Å². The maximum absolute atomic E-state index is 6.06. The van der Waals surface area contributed by atoms with Crippen molar-refractivity contribution in [1.82, 2.24) is 9.97 Å². The van der Waals surface area contributed by atoms with Gasteiger partial charge in [0, 0.05) is 11.8 Å². The van der Waals surface area contributed by atoms with E-state index in [-0.39, 0.29) is 0 Å². The SMILES string of the molecule is CCC1CCC(c2nc(N)c(I)c(C3CC3)n2)C1. The van der Waals surface area contributed by atoms with Crippen LogP contribution in [-0.2, 0) is 0 Å². The van der Waals surface area contributed by atoms with Gasteiger partial charge in [-0.2, -0.15) is 0 Å². The number of nitrogen functional groups attached to an aromatic ring is 1. The maximum Gasteiger partial charge on any atom is 0.140 e.